The molecular formula is C22H22ClN3O3. The maximum absolute atomic E-state index is 13.2. The van der Waals surface area contributed by atoms with Crippen molar-refractivity contribution in [2.45, 2.75) is 6.42 Å². The number of nitrogens with zero attached hydrogens (tertiary/aromatic N) is 2. The Morgan fingerprint density at radius 3 is 2.34 bits per heavy atom. The standard InChI is InChI=1S/C22H21N3O3.ClH/c1-24(2)12-7-11-23-22(28)17-16-10-5-6-13-25(16)19-18(17)20(26)14-8-3-4-9-15(14)21(19)27;/h3-6,8-10,13H,7,11-12H2,1-2H3,(H,23,28);1H. The summed E-state index contributed by atoms with van der Waals surface area (Å²) in [5.41, 5.74) is 2.01. The van der Waals surface area contributed by atoms with Crippen LogP contribution in [0.4, 0.5) is 0 Å². The van der Waals surface area contributed by atoms with E-state index in [2.05, 4.69) is 5.32 Å². The summed E-state index contributed by atoms with van der Waals surface area (Å²) in [4.78, 5) is 41.4. The van der Waals surface area contributed by atoms with Gasteiger partial charge < -0.3 is 14.6 Å². The first-order chi connectivity index (χ1) is 13.5. The van der Waals surface area contributed by atoms with Crippen molar-refractivity contribution in [1.29, 1.82) is 0 Å². The van der Waals surface area contributed by atoms with Gasteiger partial charge in [-0.2, -0.15) is 0 Å². The first-order valence-corrected chi connectivity index (χ1v) is 9.25. The van der Waals surface area contributed by atoms with Gasteiger partial charge in [0.1, 0.15) is 5.69 Å². The molecule has 0 saturated heterocycles. The number of fused-ring (bicyclic) bond motifs is 4. The smallest absolute Gasteiger partial charge is 0.254 e. The Hall–Kier alpha value is -2.96. The highest BCUT2D eigenvalue weighted by atomic mass is 35.5. The minimum atomic E-state index is -0.329. The van der Waals surface area contributed by atoms with Gasteiger partial charge in [-0.25, -0.2) is 0 Å². The normalized spacial score (nSPS) is 12.5. The second-order valence-corrected chi connectivity index (χ2v) is 7.17. The van der Waals surface area contributed by atoms with Crippen LogP contribution in [0.25, 0.3) is 5.52 Å². The molecule has 1 aliphatic rings. The Labute approximate surface area is 174 Å². The third-order valence-electron chi connectivity index (χ3n) is 5.00. The van der Waals surface area contributed by atoms with E-state index < -0.39 is 0 Å². The molecular weight excluding hydrogens is 390 g/mol. The van der Waals surface area contributed by atoms with Gasteiger partial charge in [0.25, 0.3) is 5.91 Å². The highest BCUT2D eigenvalue weighted by Crippen LogP contribution is 2.33. The maximum Gasteiger partial charge on any atom is 0.254 e. The predicted molar refractivity (Wildman–Crippen MR) is 113 cm³/mol. The van der Waals surface area contributed by atoms with Crippen molar-refractivity contribution >= 4 is 35.4 Å². The Kier molecular flexibility index (Phi) is 5.86. The highest BCUT2D eigenvalue weighted by Gasteiger charge is 2.37. The molecule has 0 atom stereocenters. The lowest BCUT2D eigenvalue weighted by Crippen LogP contribution is -2.29. The van der Waals surface area contributed by atoms with E-state index in [1.165, 1.54) is 0 Å². The van der Waals surface area contributed by atoms with Crippen molar-refractivity contribution in [2.75, 3.05) is 27.2 Å². The summed E-state index contributed by atoms with van der Waals surface area (Å²) in [5, 5.41) is 2.90. The summed E-state index contributed by atoms with van der Waals surface area (Å²) in [5.74, 6) is -0.852. The number of carbonyl (C=O) groups excluding carboxylic acids is 3. The third-order valence-corrected chi connectivity index (χ3v) is 5.00. The van der Waals surface area contributed by atoms with Gasteiger partial charge in [-0.3, -0.25) is 14.4 Å². The van der Waals surface area contributed by atoms with E-state index in [0.29, 0.717) is 23.2 Å². The molecule has 0 aliphatic heterocycles. The molecule has 1 aromatic carbocycles. The van der Waals surface area contributed by atoms with Gasteiger partial charge in [-0.1, -0.05) is 30.3 Å². The van der Waals surface area contributed by atoms with Crippen molar-refractivity contribution in [1.82, 2.24) is 14.6 Å². The van der Waals surface area contributed by atoms with E-state index in [1.807, 2.05) is 19.0 Å². The summed E-state index contributed by atoms with van der Waals surface area (Å²) >= 11 is 0. The van der Waals surface area contributed by atoms with Crippen molar-refractivity contribution in [3.63, 3.8) is 0 Å². The summed E-state index contributed by atoms with van der Waals surface area (Å²) in [6, 6.07) is 12.1. The Bertz CT molecular complexity index is 1120. The van der Waals surface area contributed by atoms with Crippen molar-refractivity contribution in [2.24, 2.45) is 0 Å². The van der Waals surface area contributed by atoms with Crippen LogP contribution in [0.2, 0.25) is 0 Å². The quantitative estimate of drug-likeness (QED) is 0.513. The maximum atomic E-state index is 13.2. The molecule has 1 amide bonds. The van der Waals surface area contributed by atoms with Gasteiger partial charge in [-0.15, -0.1) is 12.4 Å². The molecule has 150 valence electrons. The second-order valence-electron chi connectivity index (χ2n) is 7.17. The number of carbonyl (C=O) groups is 3. The van der Waals surface area contributed by atoms with E-state index in [0.717, 1.165) is 13.0 Å². The van der Waals surface area contributed by atoms with Crippen LogP contribution in [0.15, 0.2) is 48.7 Å². The lowest BCUT2D eigenvalue weighted by Gasteiger charge is -2.15. The molecule has 6 nitrogen and oxygen atoms in total. The minimum Gasteiger partial charge on any atom is -0.352 e. The molecule has 0 unspecified atom stereocenters. The number of hydrogen-bond acceptors (Lipinski definition) is 4. The molecule has 0 radical (unpaired) electrons. The number of hydrogen-bond donors (Lipinski definition) is 1. The summed E-state index contributed by atoms with van der Waals surface area (Å²) in [7, 11) is 3.95. The second kappa shape index (κ2) is 8.19. The molecule has 0 bridgehead atoms. The zero-order valence-corrected chi connectivity index (χ0v) is 17.1. The first kappa shape index (κ1) is 20.8. The average Bonchev–Trinajstić information content (AvgIpc) is 3.05. The SMILES string of the molecule is CN(C)CCCNC(=O)c1c2c(n3ccccc13)C(=O)c1ccccc1C2=O.Cl. The van der Waals surface area contributed by atoms with Crippen molar-refractivity contribution in [3.8, 4) is 0 Å². The fourth-order valence-corrected chi connectivity index (χ4v) is 3.71. The third kappa shape index (κ3) is 3.45. The van der Waals surface area contributed by atoms with Crippen LogP contribution < -0.4 is 5.32 Å². The average molecular weight is 412 g/mol. The number of pyridine rings is 1. The topological polar surface area (TPSA) is 70.9 Å². The van der Waals surface area contributed by atoms with Crippen LogP contribution in [-0.4, -0.2) is 54.0 Å². The van der Waals surface area contributed by atoms with Crippen LogP contribution >= 0.6 is 12.4 Å². The van der Waals surface area contributed by atoms with Gasteiger partial charge >= 0.3 is 0 Å². The predicted octanol–water partition coefficient (Wildman–Crippen LogP) is 2.82. The lowest BCUT2D eigenvalue weighted by molar-refractivity contribution is 0.0939. The van der Waals surface area contributed by atoms with Crippen LogP contribution in [0, 0.1) is 0 Å². The minimum absolute atomic E-state index is 0. The molecule has 2 aromatic heterocycles. The fraction of sp³-hybridized carbons (Fsp3) is 0.227. The van der Waals surface area contributed by atoms with Crippen LogP contribution in [0.3, 0.4) is 0 Å². The zero-order valence-electron chi connectivity index (χ0n) is 16.3. The number of aromatic nitrogens is 1. The number of benzene rings is 1. The Balaban J connectivity index is 0.00000240. The zero-order chi connectivity index (χ0) is 19.8. The van der Waals surface area contributed by atoms with Crippen LogP contribution in [0.1, 0.15) is 48.8 Å². The number of halogens is 1. The molecule has 3 aromatic rings. The molecule has 1 N–H and O–H groups in total. The molecule has 4 rings (SSSR count). The molecule has 29 heavy (non-hydrogen) atoms. The van der Waals surface area contributed by atoms with Crippen molar-refractivity contribution < 1.29 is 14.4 Å². The van der Waals surface area contributed by atoms with E-state index in [4.69, 9.17) is 0 Å². The van der Waals surface area contributed by atoms with Gasteiger partial charge in [0.15, 0.2) is 5.78 Å². The number of rotatable bonds is 5. The number of ketones is 2. The monoisotopic (exact) mass is 411 g/mol. The Morgan fingerprint density at radius 1 is 1.00 bits per heavy atom. The van der Waals surface area contributed by atoms with E-state index in [-0.39, 0.29) is 46.7 Å². The molecule has 0 spiro atoms. The molecule has 0 fully saturated rings. The fourth-order valence-electron chi connectivity index (χ4n) is 3.71. The lowest BCUT2D eigenvalue weighted by atomic mass is 9.86. The first-order valence-electron chi connectivity index (χ1n) is 9.25. The van der Waals surface area contributed by atoms with Gasteiger partial charge in [0, 0.05) is 23.9 Å². The highest BCUT2D eigenvalue weighted by molar-refractivity contribution is 6.32. The van der Waals surface area contributed by atoms with Crippen molar-refractivity contribution in [3.05, 3.63) is 76.6 Å². The van der Waals surface area contributed by atoms with E-state index >= 15 is 0 Å². The summed E-state index contributed by atoms with van der Waals surface area (Å²) < 4.78 is 1.65. The largest absolute Gasteiger partial charge is 0.352 e. The molecule has 1 aliphatic carbocycles. The summed E-state index contributed by atoms with van der Waals surface area (Å²) in [6.45, 7) is 1.34. The van der Waals surface area contributed by atoms with Gasteiger partial charge in [0.05, 0.1) is 16.6 Å². The summed E-state index contributed by atoms with van der Waals surface area (Å²) in [6.07, 6.45) is 2.51. The molecule has 0 saturated carbocycles. The van der Waals surface area contributed by atoms with Crippen LogP contribution in [0.5, 0.6) is 0 Å². The Morgan fingerprint density at radius 2 is 1.66 bits per heavy atom. The van der Waals surface area contributed by atoms with E-state index in [9.17, 15) is 14.4 Å². The van der Waals surface area contributed by atoms with Crippen LogP contribution in [-0.2, 0) is 0 Å². The molecule has 7 heteroatoms. The number of amides is 1. The van der Waals surface area contributed by atoms with Gasteiger partial charge in [0.2, 0.25) is 5.78 Å². The molecule has 2 heterocycles. The van der Waals surface area contributed by atoms with Gasteiger partial charge in [-0.05, 0) is 39.2 Å². The number of nitrogens with one attached hydrogen (secondary N) is 1. The van der Waals surface area contributed by atoms with E-state index in [1.54, 1.807) is 53.1 Å².